The molecule has 0 unspecified atom stereocenters. The fourth-order valence-corrected chi connectivity index (χ4v) is 2.05. The maximum atomic E-state index is 11.2. The summed E-state index contributed by atoms with van der Waals surface area (Å²) in [4.78, 5) is 19.0. The highest BCUT2D eigenvalue weighted by atomic mass is 16.6. The number of fused-ring (bicyclic) bond motifs is 1. The van der Waals surface area contributed by atoms with E-state index in [2.05, 4.69) is 30.1 Å². The van der Waals surface area contributed by atoms with Crippen LogP contribution in [0, 0.1) is 6.57 Å². The van der Waals surface area contributed by atoms with Crippen molar-refractivity contribution in [1.82, 2.24) is 19.9 Å². The van der Waals surface area contributed by atoms with Crippen LogP contribution >= 0.6 is 0 Å². The van der Waals surface area contributed by atoms with Crippen molar-refractivity contribution in [2.45, 2.75) is 13.6 Å². The summed E-state index contributed by atoms with van der Waals surface area (Å²) in [7, 11) is 0. The average molecular weight is 282 g/mol. The van der Waals surface area contributed by atoms with E-state index in [-0.39, 0.29) is 18.4 Å². The van der Waals surface area contributed by atoms with Crippen LogP contribution < -0.4 is 5.32 Å². The Morgan fingerprint density at radius 2 is 2.24 bits per heavy atom. The van der Waals surface area contributed by atoms with Crippen LogP contribution in [0.4, 0.5) is 5.82 Å². The van der Waals surface area contributed by atoms with Crippen molar-refractivity contribution in [3.63, 3.8) is 0 Å². The van der Waals surface area contributed by atoms with Crippen LogP contribution in [-0.2, 0) is 11.5 Å². The molecule has 1 aromatic carbocycles. The van der Waals surface area contributed by atoms with Gasteiger partial charge in [-0.2, -0.15) is 0 Å². The maximum absolute atomic E-state index is 11.2. The molecular formula is C13H10N6O2. The van der Waals surface area contributed by atoms with E-state index in [9.17, 15) is 4.79 Å². The van der Waals surface area contributed by atoms with Gasteiger partial charge in [-0.1, -0.05) is 12.1 Å². The number of aromatic nitrogens is 4. The first kappa shape index (κ1) is 12.8. The van der Waals surface area contributed by atoms with E-state index in [1.165, 1.54) is 6.92 Å². The molecule has 2 aromatic heterocycles. The van der Waals surface area contributed by atoms with Crippen molar-refractivity contribution < 1.29 is 9.42 Å². The molecule has 8 nitrogen and oxygen atoms in total. The summed E-state index contributed by atoms with van der Waals surface area (Å²) < 4.78 is 6.39. The van der Waals surface area contributed by atoms with E-state index >= 15 is 0 Å². The average Bonchev–Trinajstić information content (AvgIpc) is 3.03. The van der Waals surface area contributed by atoms with Gasteiger partial charge >= 0.3 is 0 Å². The molecule has 0 atom stereocenters. The first-order valence-corrected chi connectivity index (χ1v) is 6.09. The number of anilines is 1. The molecule has 0 aliphatic heterocycles. The van der Waals surface area contributed by atoms with Crippen molar-refractivity contribution in [2.75, 3.05) is 5.32 Å². The highest BCUT2D eigenvalue weighted by Gasteiger charge is 2.21. The number of carbonyl (C=O) groups is 1. The molecule has 1 amide bonds. The Kier molecular flexibility index (Phi) is 3.08. The second-order valence-electron chi connectivity index (χ2n) is 4.29. The number of benzene rings is 1. The molecule has 104 valence electrons. The Labute approximate surface area is 119 Å². The molecule has 0 fully saturated rings. The molecule has 2 heterocycles. The topological polar surface area (TPSA) is 90.2 Å². The van der Waals surface area contributed by atoms with Crippen LogP contribution in [0.3, 0.4) is 0 Å². The molecular weight excluding hydrogens is 272 g/mol. The predicted molar refractivity (Wildman–Crippen MR) is 73.9 cm³/mol. The summed E-state index contributed by atoms with van der Waals surface area (Å²) in [6.07, 6.45) is 0. The van der Waals surface area contributed by atoms with Crippen molar-refractivity contribution in [1.29, 1.82) is 0 Å². The van der Waals surface area contributed by atoms with E-state index in [4.69, 9.17) is 6.57 Å². The molecule has 0 spiro atoms. The van der Waals surface area contributed by atoms with Crippen LogP contribution in [0.25, 0.3) is 27.4 Å². The lowest BCUT2D eigenvalue weighted by Gasteiger charge is -2.01. The number of nitrogens with one attached hydrogen (secondary N) is 1. The second-order valence-corrected chi connectivity index (χ2v) is 4.29. The number of hydrogen-bond donors (Lipinski definition) is 1. The minimum atomic E-state index is -0.292. The number of para-hydroxylation sites is 2. The van der Waals surface area contributed by atoms with Gasteiger partial charge in [-0.3, -0.25) is 14.2 Å². The van der Waals surface area contributed by atoms with Gasteiger partial charge in [-0.05, 0) is 22.4 Å². The van der Waals surface area contributed by atoms with Crippen molar-refractivity contribution in [3.05, 3.63) is 35.7 Å². The highest BCUT2D eigenvalue weighted by molar-refractivity contribution is 5.91. The van der Waals surface area contributed by atoms with Gasteiger partial charge in [0.2, 0.25) is 11.7 Å². The van der Waals surface area contributed by atoms with E-state index in [1.807, 2.05) is 24.3 Å². The molecule has 3 rings (SSSR count). The number of hydrogen-bond acceptors (Lipinski definition) is 5. The molecule has 1 N–H and O–H groups in total. The summed E-state index contributed by atoms with van der Waals surface area (Å²) in [5.41, 5.74) is 1.83. The summed E-state index contributed by atoms with van der Waals surface area (Å²) in [5, 5.41) is 9.97. The lowest BCUT2D eigenvalue weighted by atomic mass is 10.3. The van der Waals surface area contributed by atoms with Gasteiger partial charge in [0.05, 0.1) is 11.0 Å². The molecule has 3 aromatic rings. The highest BCUT2D eigenvalue weighted by Crippen LogP contribution is 2.27. The Hall–Kier alpha value is -3.21. The van der Waals surface area contributed by atoms with Gasteiger partial charge in [0.25, 0.3) is 6.67 Å². The van der Waals surface area contributed by atoms with E-state index in [1.54, 1.807) is 4.57 Å². The SMILES string of the molecule is [C-]#[N+]Cn1c(-c2nonc2NC(C)=O)nc2ccccc21. The third-order valence-electron chi connectivity index (χ3n) is 2.86. The van der Waals surface area contributed by atoms with E-state index in [0.29, 0.717) is 11.5 Å². The quantitative estimate of drug-likeness (QED) is 0.741. The lowest BCUT2D eigenvalue weighted by Crippen LogP contribution is -2.08. The van der Waals surface area contributed by atoms with Crippen molar-refractivity contribution in [2.24, 2.45) is 0 Å². The standard InChI is InChI=1S/C13H10N6O2/c1-8(20)15-12-11(17-21-18-12)13-16-9-5-3-4-6-10(9)19(13)7-14-2/h3-6H,7H2,1H3,(H,15,18,20). The fraction of sp³-hybridized carbons (Fsp3) is 0.154. The second kappa shape index (κ2) is 5.05. The van der Waals surface area contributed by atoms with Gasteiger partial charge in [-0.15, -0.1) is 0 Å². The molecule has 8 heteroatoms. The number of nitrogens with zero attached hydrogens (tertiary/aromatic N) is 5. The zero-order valence-corrected chi connectivity index (χ0v) is 11.1. The van der Waals surface area contributed by atoms with Gasteiger partial charge in [0.1, 0.15) is 0 Å². The largest absolute Gasteiger partial charge is 0.306 e. The zero-order valence-electron chi connectivity index (χ0n) is 11.1. The number of carbonyl (C=O) groups excluding carboxylic acids is 1. The minimum absolute atomic E-state index is 0.0855. The molecule has 21 heavy (non-hydrogen) atoms. The lowest BCUT2D eigenvalue weighted by molar-refractivity contribution is -0.114. The van der Waals surface area contributed by atoms with Crippen LogP contribution in [-0.4, -0.2) is 25.8 Å². The maximum Gasteiger partial charge on any atom is 0.294 e. The minimum Gasteiger partial charge on any atom is -0.306 e. The Balaban J connectivity index is 2.20. The zero-order chi connectivity index (χ0) is 14.8. The van der Waals surface area contributed by atoms with Crippen LogP contribution in [0.15, 0.2) is 28.9 Å². The molecule has 0 aliphatic carbocycles. The third kappa shape index (κ3) is 2.21. The first-order valence-electron chi connectivity index (χ1n) is 6.09. The van der Waals surface area contributed by atoms with Crippen molar-refractivity contribution >= 4 is 22.8 Å². The summed E-state index contributed by atoms with van der Waals surface area (Å²) in [6, 6.07) is 7.43. The summed E-state index contributed by atoms with van der Waals surface area (Å²) >= 11 is 0. The number of amides is 1. The number of rotatable bonds is 3. The Bertz CT molecular complexity index is 857. The van der Waals surface area contributed by atoms with Crippen LogP contribution in [0.2, 0.25) is 0 Å². The smallest absolute Gasteiger partial charge is 0.294 e. The molecule has 0 aliphatic rings. The van der Waals surface area contributed by atoms with Gasteiger partial charge in [0, 0.05) is 6.92 Å². The van der Waals surface area contributed by atoms with Gasteiger partial charge in [0.15, 0.2) is 11.5 Å². The molecule has 0 bridgehead atoms. The Morgan fingerprint density at radius 1 is 1.43 bits per heavy atom. The summed E-state index contributed by atoms with van der Waals surface area (Å²) in [6.45, 7) is 8.54. The molecule has 0 saturated carbocycles. The predicted octanol–water partition coefficient (Wildman–Crippen LogP) is 1.92. The Morgan fingerprint density at radius 3 is 3.00 bits per heavy atom. The summed E-state index contributed by atoms with van der Waals surface area (Å²) in [5.74, 6) is 0.320. The fourth-order valence-electron chi connectivity index (χ4n) is 2.05. The third-order valence-corrected chi connectivity index (χ3v) is 2.86. The van der Waals surface area contributed by atoms with Crippen LogP contribution in [0.1, 0.15) is 6.92 Å². The van der Waals surface area contributed by atoms with Gasteiger partial charge < -0.3 is 5.32 Å². The monoisotopic (exact) mass is 282 g/mol. The van der Waals surface area contributed by atoms with E-state index < -0.39 is 0 Å². The normalized spacial score (nSPS) is 10.5. The van der Waals surface area contributed by atoms with E-state index in [0.717, 1.165) is 11.0 Å². The van der Waals surface area contributed by atoms with Gasteiger partial charge in [-0.25, -0.2) is 16.2 Å². The first-order chi connectivity index (χ1) is 10.2. The molecule has 0 radical (unpaired) electrons. The van der Waals surface area contributed by atoms with Crippen LogP contribution in [0.5, 0.6) is 0 Å². The molecule has 0 saturated heterocycles. The van der Waals surface area contributed by atoms with Crippen molar-refractivity contribution in [3.8, 4) is 11.5 Å². The number of imidazole rings is 1.